The van der Waals surface area contributed by atoms with Gasteiger partial charge in [0.25, 0.3) is 0 Å². The highest BCUT2D eigenvalue weighted by atomic mass is 16.3. The summed E-state index contributed by atoms with van der Waals surface area (Å²) in [4.78, 5) is 0. The van der Waals surface area contributed by atoms with Crippen molar-refractivity contribution in [2.45, 2.75) is 46.5 Å². The van der Waals surface area contributed by atoms with Gasteiger partial charge in [0.2, 0.25) is 0 Å². The number of phenolic OH excluding ortho intramolecular Hbond substituents is 2. The molecule has 2 N–H and O–H groups in total. The fourth-order valence-corrected chi connectivity index (χ4v) is 1.83. The van der Waals surface area contributed by atoms with E-state index >= 15 is 0 Å². The van der Waals surface area contributed by atoms with Crippen molar-refractivity contribution in [1.29, 1.82) is 0 Å². The van der Waals surface area contributed by atoms with Crippen molar-refractivity contribution in [2.24, 2.45) is 0 Å². The Kier molecular flexibility index (Phi) is 3.61. The van der Waals surface area contributed by atoms with E-state index < -0.39 is 0 Å². The van der Waals surface area contributed by atoms with Crippen LogP contribution >= 0.6 is 0 Å². The Bertz CT molecular complexity index is 354. The third-order valence-electron chi connectivity index (χ3n) is 2.81. The quantitative estimate of drug-likeness (QED) is 0.746. The minimum absolute atomic E-state index is 0.229. The first-order valence-corrected chi connectivity index (χ1v) is 5.53. The van der Waals surface area contributed by atoms with Crippen molar-refractivity contribution in [3.63, 3.8) is 0 Å². The molecule has 0 fully saturated rings. The lowest BCUT2D eigenvalue weighted by molar-refractivity contribution is 0.441. The molecule has 0 spiro atoms. The maximum atomic E-state index is 10.1. The summed E-state index contributed by atoms with van der Waals surface area (Å²) in [5.74, 6) is 0.884. The highest BCUT2D eigenvalue weighted by molar-refractivity contribution is 5.53. The van der Waals surface area contributed by atoms with Crippen molar-refractivity contribution in [3.05, 3.63) is 22.8 Å². The molecule has 1 aromatic rings. The molecule has 0 aliphatic rings. The maximum Gasteiger partial charge on any atom is 0.122 e. The molecule has 0 radical (unpaired) electrons. The van der Waals surface area contributed by atoms with Gasteiger partial charge in [-0.25, -0.2) is 0 Å². The highest BCUT2D eigenvalue weighted by Gasteiger charge is 2.15. The predicted octanol–water partition coefficient (Wildman–Crippen LogP) is 3.48. The summed E-state index contributed by atoms with van der Waals surface area (Å²) in [7, 11) is 0. The van der Waals surface area contributed by atoms with Crippen LogP contribution in [0.25, 0.3) is 0 Å². The van der Waals surface area contributed by atoms with Crippen molar-refractivity contribution in [2.75, 3.05) is 0 Å². The molecular formula is C13H20O2. The van der Waals surface area contributed by atoms with Gasteiger partial charge in [-0.1, -0.05) is 27.2 Å². The van der Waals surface area contributed by atoms with Crippen molar-refractivity contribution in [3.8, 4) is 11.5 Å². The molecule has 0 heterocycles. The van der Waals surface area contributed by atoms with E-state index in [1.807, 2.05) is 20.8 Å². The van der Waals surface area contributed by atoms with Gasteiger partial charge in [0.05, 0.1) is 0 Å². The van der Waals surface area contributed by atoms with Crippen molar-refractivity contribution < 1.29 is 10.2 Å². The lowest BCUT2D eigenvalue weighted by atomic mass is 9.93. The normalized spacial score (nSPS) is 11.0. The van der Waals surface area contributed by atoms with Crippen LogP contribution in [0.4, 0.5) is 0 Å². The van der Waals surface area contributed by atoms with E-state index in [4.69, 9.17) is 0 Å². The van der Waals surface area contributed by atoms with Gasteiger partial charge >= 0.3 is 0 Å². The maximum absolute atomic E-state index is 10.1. The lowest BCUT2D eigenvalue weighted by Crippen LogP contribution is -1.97. The zero-order chi connectivity index (χ0) is 11.6. The van der Waals surface area contributed by atoms with E-state index in [-0.39, 0.29) is 5.92 Å². The van der Waals surface area contributed by atoms with Gasteiger partial charge in [0, 0.05) is 11.1 Å². The molecular weight excluding hydrogens is 188 g/mol. The highest BCUT2D eigenvalue weighted by Crippen LogP contribution is 2.36. The molecule has 84 valence electrons. The Balaban J connectivity index is 3.35. The van der Waals surface area contributed by atoms with Gasteiger partial charge in [0.1, 0.15) is 11.5 Å². The summed E-state index contributed by atoms with van der Waals surface area (Å²) < 4.78 is 0. The van der Waals surface area contributed by atoms with Crippen LogP contribution in [0.15, 0.2) is 6.07 Å². The van der Waals surface area contributed by atoms with Crippen LogP contribution in [0.1, 0.15) is 49.8 Å². The van der Waals surface area contributed by atoms with Gasteiger partial charge in [-0.15, -0.1) is 0 Å². The molecule has 0 bridgehead atoms. The van der Waals surface area contributed by atoms with E-state index in [2.05, 4.69) is 6.92 Å². The second-order valence-electron chi connectivity index (χ2n) is 4.34. The largest absolute Gasteiger partial charge is 0.508 e. The molecule has 0 atom stereocenters. The number of phenols is 2. The van der Waals surface area contributed by atoms with E-state index in [0.29, 0.717) is 11.5 Å². The van der Waals surface area contributed by atoms with Gasteiger partial charge in [0.15, 0.2) is 0 Å². The molecule has 15 heavy (non-hydrogen) atoms. The third-order valence-corrected chi connectivity index (χ3v) is 2.81. The molecule has 2 heteroatoms. The number of benzene rings is 1. The van der Waals surface area contributed by atoms with Gasteiger partial charge in [-0.2, -0.15) is 0 Å². The van der Waals surface area contributed by atoms with Crippen LogP contribution in [-0.4, -0.2) is 10.2 Å². The second kappa shape index (κ2) is 4.56. The van der Waals surface area contributed by atoms with Crippen molar-refractivity contribution >= 4 is 0 Å². The smallest absolute Gasteiger partial charge is 0.122 e. The Hall–Kier alpha value is -1.18. The zero-order valence-corrected chi connectivity index (χ0v) is 9.96. The summed E-state index contributed by atoms with van der Waals surface area (Å²) in [6.45, 7) is 7.95. The van der Waals surface area contributed by atoms with Gasteiger partial charge in [-0.05, 0) is 30.9 Å². The molecule has 1 aromatic carbocycles. The minimum Gasteiger partial charge on any atom is -0.508 e. The number of hydrogen-bond acceptors (Lipinski definition) is 2. The van der Waals surface area contributed by atoms with Crippen LogP contribution in [0.2, 0.25) is 0 Å². The molecule has 0 amide bonds. The lowest BCUT2D eigenvalue weighted by Gasteiger charge is -2.16. The second-order valence-corrected chi connectivity index (χ2v) is 4.34. The van der Waals surface area contributed by atoms with Crippen LogP contribution in [0.5, 0.6) is 11.5 Å². The van der Waals surface area contributed by atoms with E-state index in [9.17, 15) is 10.2 Å². The third kappa shape index (κ3) is 2.25. The monoisotopic (exact) mass is 208 g/mol. The SMILES string of the molecule is CCCc1c(C)c(O)cc(C(C)C)c1O. The number of hydrogen-bond donors (Lipinski definition) is 2. The van der Waals surface area contributed by atoms with E-state index in [0.717, 1.165) is 29.5 Å². The van der Waals surface area contributed by atoms with Crippen LogP contribution < -0.4 is 0 Å². The van der Waals surface area contributed by atoms with Gasteiger partial charge < -0.3 is 10.2 Å². The molecule has 0 saturated heterocycles. The Morgan fingerprint density at radius 2 is 1.87 bits per heavy atom. The van der Waals surface area contributed by atoms with Gasteiger partial charge in [-0.3, -0.25) is 0 Å². The molecule has 0 unspecified atom stereocenters. The molecule has 2 nitrogen and oxygen atoms in total. The molecule has 0 saturated carbocycles. The van der Waals surface area contributed by atoms with Crippen molar-refractivity contribution in [1.82, 2.24) is 0 Å². The average Bonchev–Trinajstić information content (AvgIpc) is 2.18. The average molecular weight is 208 g/mol. The van der Waals surface area contributed by atoms with Crippen LogP contribution in [0, 0.1) is 6.92 Å². The Labute approximate surface area is 91.6 Å². The summed E-state index contributed by atoms with van der Waals surface area (Å²) in [5, 5.41) is 19.9. The summed E-state index contributed by atoms with van der Waals surface area (Å²) >= 11 is 0. The molecule has 1 rings (SSSR count). The predicted molar refractivity (Wildman–Crippen MR) is 62.6 cm³/mol. The standard InChI is InChI=1S/C13H20O2/c1-5-6-10-9(4)12(14)7-11(8(2)3)13(10)15/h7-8,14-15H,5-6H2,1-4H3. The first-order chi connectivity index (χ1) is 6.99. The number of aromatic hydroxyl groups is 2. The fourth-order valence-electron chi connectivity index (χ4n) is 1.83. The fraction of sp³-hybridized carbons (Fsp3) is 0.538. The Morgan fingerprint density at radius 3 is 2.33 bits per heavy atom. The molecule has 0 aliphatic carbocycles. The zero-order valence-electron chi connectivity index (χ0n) is 9.96. The molecule has 0 aromatic heterocycles. The number of rotatable bonds is 3. The first kappa shape index (κ1) is 11.9. The van der Waals surface area contributed by atoms with Crippen LogP contribution in [0.3, 0.4) is 0 Å². The topological polar surface area (TPSA) is 40.5 Å². The molecule has 0 aliphatic heterocycles. The first-order valence-electron chi connectivity index (χ1n) is 5.53. The summed E-state index contributed by atoms with van der Waals surface area (Å²) in [6.07, 6.45) is 1.78. The van der Waals surface area contributed by atoms with Crippen LogP contribution in [-0.2, 0) is 6.42 Å². The Morgan fingerprint density at radius 1 is 1.27 bits per heavy atom. The van der Waals surface area contributed by atoms with E-state index in [1.165, 1.54) is 0 Å². The summed E-state index contributed by atoms with van der Waals surface area (Å²) in [6, 6.07) is 1.68. The minimum atomic E-state index is 0.229. The van der Waals surface area contributed by atoms with E-state index in [1.54, 1.807) is 6.07 Å². The summed E-state index contributed by atoms with van der Waals surface area (Å²) in [5.41, 5.74) is 2.53.